The summed E-state index contributed by atoms with van der Waals surface area (Å²) in [5.41, 5.74) is -0.133. The van der Waals surface area contributed by atoms with E-state index >= 15 is 0 Å². The van der Waals surface area contributed by atoms with Crippen molar-refractivity contribution in [3.63, 3.8) is 0 Å². The van der Waals surface area contributed by atoms with E-state index in [0.717, 1.165) is 26.2 Å². The molecule has 5 heteroatoms. The Hall–Kier alpha value is -0.650. The normalized spacial score (nSPS) is 22.8. The third-order valence-corrected chi connectivity index (χ3v) is 3.92. The van der Waals surface area contributed by atoms with Gasteiger partial charge in [0, 0.05) is 33.2 Å². The highest BCUT2D eigenvalue weighted by Crippen LogP contribution is 2.15. The highest BCUT2D eigenvalue weighted by Gasteiger charge is 2.33. The number of carbonyl (C=O) groups excluding carboxylic acids is 1. The third kappa shape index (κ3) is 3.67. The summed E-state index contributed by atoms with van der Waals surface area (Å²) in [6.45, 7) is 8.09. The Balaban J connectivity index is 1.61. The van der Waals surface area contributed by atoms with Gasteiger partial charge in [0.05, 0.1) is 5.60 Å². The molecule has 2 saturated heterocycles. The molecule has 0 atom stereocenters. The summed E-state index contributed by atoms with van der Waals surface area (Å²) in [7, 11) is 1.86. The molecule has 2 heterocycles. The minimum Gasteiger partial charge on any atom is -0.363 e. The number of hydrogen-bond acceptors (Lipinski definition) is 4. The highest BCUT2D eigenvalue weighted by molar-refractivity contribution is 5.77. The van der Waals surface area contributed by atoms with Crippen molar-refractivity contribution in [2.75, 3.05) is 52.9 Å². The van der Waals surface area contributed by atoms with Crippen LogP contribution in [0, 0.1) is 0 Å². The van der Waals surface area contributed by atoms with Crippen LogP contribution in [0.3, 0.4) is 0 Å². The van der Waals surface area contributed by atoms with E-state index in [-0.39, 0.29) is 18.1 Å². The van der Waals surface area contributed by atoms with Gasteiger partial charge in [0.2, 0.25) is 5.91 Å². The van der Waals surface area contributed by atoms with E-state index in [0.29, 0.717) is 0 Å². The Bertz CT molecular complexity index is 286. The summed E-state index contributed by atoms with van der Waals surface area (Å²) in [4.78, 5) is 16.1. The highest BCUT2D eigenvalue weighted by atomic mass is 16.5. The van der Waals surface area contributed by atoms with E-state index < -0.39 is 0 Å². The molecule has 0 saturated carbocycles. The topological polar surface area (TPSA) is 44.8 Å². The van der Waals surface area contributed by atoms with E-state index in [1.807, 2.05) is 14.0 Å². The van der Waals surface area contributed by atoms with Crippen molar-refractivity contribution >= 4 is 5.91 Å². The van der Waals surface area contributed by atoms with Crippen molar-refractivity contribution < 1.29 is 9.53 Å². The molecule has 2 aliphatic heterocycles. The molecule has 0 aromatic heterocycles. The first-order chi connectivity index (χ1) is 8.59. The van der Waals surface area contributed by atoms with Crippen LogP contribution in [0.25, 0.3) is 0 Å². The molecule has 2 aliphatic rings. The van der Waals surface area contributed by atoms with Gasteiger partial charge >= 0.3 is 0 Å². The summed E-state index contributed by atoms with van der Waals surface area (Å²) >= 11 is 0. The van der Waals surface area contributed by atoms with E-state index in [4.69, 9.17) is 4.74 Å². The Morgan fingerprint density at radius 3 is 2.61 bits per heavy atom. The second-order valence-electron chi connectivity index (χ2n) is 5.71. The van der Waals surface area contributed by atoms with Gasteiger partial charge in [-0.3, -0.25) is 4.79 Å². The molecule has 0 bridgehead atoms. The van der Waals surface area contributed by atoms with Crippen LogP contribution in [0.15, 0.2) is 0 Å². The van der Waals surface area contributed by atoms with E-state index in [1.165, 1.54) is 25.9 Å². The molecule has 5 nitrogen and oxygen atoms in total. The number of amides is 1. The molecule has 0 radical (unpaired) electrons. The van der Waals surface area contributed by atoms with Gasteiger partial charge < -0.3 is 19.9 Å². The molecule has 2 fully saturated rings. The lowest BCUT2D eigenvalue weighted by molar-refractivity contribution is -0.144. The summed E-state index contributed by atoms with van der Waals surface area (Å²) in [6, 6.07) is 0. The third-order valence-electron chi connectivity index (χ3n) is 3.92. The number of nitrogens with one attached hydrogen (secondary N) is 1. The van der Waals surface area contributed by atoms with Crippen LogP contribution in [0.4, 0.5) is 0 Å². The monoisotopic (exact) mass is 255 g/mol. The zero-order chi connectivity index (χ0) is 13.0. The van der Waals surface area contributed by atoms with Gasteiger partial charge in [-0.15, -0.1) is 0 Å². The largest absolute Gasteiger partial charge is 0.363 e. The first-order valence-corrected chi connectivity index (χ1v) is 6.90. The van der Waals surface area contributed by atoms with Crippen molar-refractivity contribution in [1.82, 2.24) is 15.1 Å². The number of nitrogens with zero attached hydrogens (tertiary/aromatic N) is 2. The van der Waals surface area contributed by atoms with Crippen LogP contribution < -0.4 is 5.32 Å². The maximum absolute atomic E-state index is 11.9. The first-order valence-electron chi connectivity index (χ1n) is 6.90. The summed E-state index contributed by atoms with van der Waals surface area (Å²) < 4.78 is 5.65. The number of likely N-dealkylation sites (N-methyl/N-ethyl adjacent to an activating group) is 1. The number of rotatable bonds is 6. The molecule has 104 valence electrons. The quantitative estimate of drug-likeness (QED) is 0.721. The van der Waals surface area contributed by atoms with Crippen LogP contribution in [-0.4, -0.2) is 74.2 Å². The molecule has 1 N–H and O–H groups in total. The lowest BCUT2D eigenvalue weighted by Gasteiger charge is -2.39. The maximum Gasteiger partial charge on any atom is 0.248 e. The van der Waals surface area contributed by atoms with Gasteiger partial charge in [-0.05, 0) is 32.9 Å². The van der Waals surface area contributed by atoms with Crippen LogP contribution in [0.5, 0.6) is 0 Å². The second-order valence-corrected chi connectivity index (χ2v) is 5.71. The Morgan fingerprint density at radius 1 is 1.39 bits per heavy atom. The standard InChI is InChI=1S/C13H25N3O2/c1-13(10-14-11-13)18-9-12(17)15(2)7-8-16-5-3-4-6-16/h14H,3-11H2,1-2H3. The molecule has 2 rings (SSSR count). The Labute approximate surface area is 109 Å². The average Bonchev–Trinajstić information content (AvgIpc) is 2.83. The lowest BCUT2D eigenvalue weighted by atomic mass is 10.0. The van der Waals surface area contributed by atoms with Gasteiger partial charge in [-0.25, -0.2) is 0 Å². The molecular formula is C13H25N3O2. The number of carbonyl (C=O) groups is 1. The zero-order valence-electron chi connectivity index (χ0n) is 11.6. The SMILES string of the molecule is CN(CCN1CCCC1)C(=O)COC1(C)CNC1. The van der Waals surface area contributed by atoms with Crippen molar-refractivity contribution in [3.8, 4) is 0 Å². The number of hydrogen-bond donors (Lipinski definition) is 1. The Morgan fingerprint density at radius 2 is 2.06 bits per heavy atom. The molecule has 0 aliphatic carbocycles. The smallest absolute Gasteiger partial charge is 0.248 e. The van der Waals surface area contributed by atoms with E-state index in [2.05, 4.69) is 10.2 Å². The fraction of sp³-hybridized carbons (Fsp3) is 0.923. The number of likely N-dealkylation sites (tertiary alicyclic amines) is 1. The predicted octanol–water partition coefficient (Wildman–Crippen LogP) is -0.0809. The molecule has 0 spiro atoms. The van der Waals surface area contributed by atoms with Crippen LogP contribution in [-0.2, 0) is 9.53 Å². The second kappa shape index (κ2) is 5.99. The van der Waals surface area contributed by atoms with Gasteiger partial charge in [0.15, 0.2) is 0 Å². The molecule has 0 unspecified atom stereocenters. The fourth-order valence-electron chi connectivity index (χ4n) is 2.35. The van der Waals surface area contributed by atoms with Crippen molar-refractivity contribution in [3.05, 3.63) is 0 Å². The molecule has 0 aromatic rings. The maximum atomic E-state index is 11.9. The predicted molar refractivity (Wildman–Crippen MR) is 70.5 cm³/mol. The summed E-state index contributed by atoms with van der Waals surface area (Å²) in [5, 5.41) is 3.16. The molecule has 0 aromatic carbocycles. The van der Waals surface area contributed by atoms with Crippen molar-refractivity contribution in [1.29, 1.82) is 0 Å². The molecule has 18 heavy (non-hydrogen) atoms. The molecular weight excluding hydrogens is 230 g/mol. The minimum atomic E-state index is -0.133. The van der Waals surface area contributed by atoms with Crippen LogP contribution in [0.1, 0.15) is 19.8 Å². The fourth-order valence-corrected chi connectivity index (χ4v) is 2.35. The van der Waals surface area contributed by atoms with Crippen molar-refractivity contribution in [2.45, 2.75) is 25.4 Å². The number of ether oxygens (including phenoxy) is 1. The van der Waals surface area contributed by atoms with Gasteiger partial charge in [-0.1, -0.05) is 0 Å². The van der Waals surface area contributed by atoms with Crippen LogP contribution in [0.2, 0.25) is 0 Å². The average molecular weight is 255 g/mol. The minimum absolute atomic E-state index is 0.0855. The van der Waals surface area contributed by atoms with Gasteiger partial charge in [-0.2, -0.15) is 0 Å². The summed E-state index contributed by atoms with van der Waals surface area (Å²) in [6.07, 6.45) is 2.60. The first kappa shape index (κ1) is 13.8. The van der Waals surface area contributed by atoms with Crippen LogP contribution >= 0.6 is 0 Å². The van der Waals surface area contributed by atoms with Gasteiger partial charge in [0.25, 0.3) is 0 Å². The van der Waals surface area contributed by atoms with Gasteiger partial charge in [0.1, 0.15) is 6.61 Å². The van der Waals surface area contributed by atoms with E-state index in [1.54, 1.807) is 4.90 Å². The summed E-state index contributed by atoms with van der Waals surface area (Å²) in [5.74, 6) is 0.0855. The van der Waals surface area contributed by atoms with Crippen molar-refractivity contribution in [2.24, 2.45) is 0 Å². The Kier molecular flexibility index (Phi) is 4.59. The lowest BCUT2D eigenvalue weighted by Crippen LogP contribution is -2.59. The molecule has 1 amide bonds. The zero-order valence-corrected chi connectivity index (χ0v) is 11.6. The van der Waals surface area contributed by atoms with E-state index in [9.17, 15) is 4.79 Å².